The number of hydrogen-bond acceptors (Lipinski definition) is 1. The van der Waals surface area contributed by atoms with Crippen molar-refractivity contribution in [2.75, 3.05) is 6.54 Å². The van der Waals surface area contributed by atoms with E-state index in [0.717, 1.165) is 35.0 Å². The number of nitrogens with zero attached hydrogens (tertiary/aromatic N) is 1. The average Bonchev–Trinajstić information content (AvgIpc) is 3.04. The minimum atomic E-state index is -0.276. The molecule has 0 aliphatic heterocycles. The minimum Gasteiger partial charge on any atom is -0.356 e. The van der Waals surface area contributed by atoms with Gasteiger partial charge in [0.05, 0.1) is 0 Å². The fraction of sp³-hybridized carbons (Fsp3) is 0.375. The number of benzene rings is 2. The van der Waals surface area contributed by atoms with Gasteiger partial charge in [0.25, 0.3) is 0 Å². The Bertz CT molecular complexity index is 945. The number of amides is 1. The molecule has 0 unspecified atom stereocenters. The third-order valence-electron chi connectivity index (χ3n) is 5.22. The normalized spacial score (nSPS) is 12.5. The molecule has 2 aromatic carbocycles. The SMILES string of the molecule is CCn1cc([C@@H](CC(=O)NCCC(C)C)c2cccc(F)c2)c2ccccc21. The highest BCUT2D eigenvalue weighted by Crippen LogP contribution is 2.35. The van der Waals surface area contributed by atoms with E-state index in [1.807, 2.05) is 18.2 Å². The van der Waals surface area contributed by atoms with Crippen LogP contribution in [0.1, 0.15) is 50.7 Å². The number of para-hydroxylation sites is 1. The molecule has 1 N–H and O–H groups in total. The van der Waals surface area contributed by atoms with Gasteiger partial charge in [0.15, 0.2) is 0 Å². The van der Waals surface area contributed by atoms with Crippen LogP contribution in [-0.2, 0) is 11.3 Å². The maximum atomic E-state index is 14.0. The van der Waals surface area contributed by atoms with Gasteiger partial charge in [-0.15, -0.1) is 0 Å². The van der Waals surface area contributed by atoms with Crippen LogP contribution in [0.2, 0.25) is 0 Å². The van der Waals surface area contributed by atoms with Crippen LogP contribution in [0.5, 0.6) is 0 Å². The molecule has 28 heavy (non-hydrogen) atoms. The Morgan fingerprint density at radius 3 is 2.64 bits per heavy atom. The van der Waals surface area contributed by atoms with Crippen molar-refractivity contribution < 1.29 is 9.18 Å². The van der Waals surface area contributed by atoms with Crippen molar-refractivity contribution in [2.45, 2.75) is 46.1 Å². The lowest BCUT2D eigenvalue weighted by molar-refractivity contribution is -0.121. The van der Waals surface area contributed by atoms with Gasteiger partial charge in [0.2, 0.25) is 5.91 Å². The van der Waals surface area contributed by atoms with E-state index in [-0.39, 0.29) is 17.6 Å². The second-order valence-electron chi connectivity index (χ2n) is 7.73. The number of fused-ring (bicyclic) bond motifs is 1. The van der Waals surface area contributed by atoms with E-state index < -0.39 is 0 Å². The summed E-state index contributed by atoms with van der Waals surface area (Å²) in [6.07, 6.45) is 3.37. The first kappa shape index (κ1) is 20.1. The van der Waals surface area contributed by atoms with Crippen LogP contribution in [-0.4, -0.2) is 17.0 Å². The number of rotatable bonds is 8. The van der Waals surface area contributed by atoms with E-state index in [2.05, 4.69) is 49.0 Å². The Morgan fingerprint density at radius 1 is 1.14 bits per heavy atom. The highest BCUT2D eigenvalue weighted by molar-refractivity contribution is 5.86. The van der Waals surface area contributed by atoms with Crippen LogP contribution in [0.15, 0.2) is 54.7 Å². The molecule has 1 amide bonds. The summed E-state index contributed by atoms with van der Waals surface area (Å²) in [6.45, 7) is 7.90. The van der Waals surface area contributed by atoms with Gasteiger partial charge in [-0.2, -0.15) is 0 Å². The molecule has 0 fully saturated rings. The summed E-state index contributed by atoms with van der Waals surface area (Å²) < 4.78 is 16.1. The number of carbonyl (C=O) groups excluding carboxylic acids is 1. The Morgan fingerprint density at radius 2 is 1.93 bits per heavy atom. The lowest BCUT2D eigenvalue weighted by Crippen LogP contribution is -2.27. The molecule has 1 aromatic heterocycles. The van der Waals surface area contributed by atoms with E-state index in [0.29, 0.717) is 18.9 Å². The summed E-state index contributed by atoms with van der Waals surface area (Å²) in [5.74, 6) is 0.0829. The molecule has 0 bridgehead atoms. The van der Waals surface area contributed by atoms with Crippen molar-refractivity contribution in [3.63, 3.8) is 0 Å². The van der Waals surface area contributed by atoms with Gasteiger partial charge in [0.1, 0.15) is 5.82 Å². The molecule has 0 saturated carbocycles. The molecule has 4 heteroatoms. The Hall–Kier alpha value is -2.62. The van der Waals surface area contributed by atoms with Gasteiger partial charge in [-0.1, -0.05) is 44.2 Å². The van der Waals surface area contributed by atoms with Gasteiger partial charge in [-0.3, -0.25) is 4.79 Å². The third kappa shape index (κ3) is 4.61. The van der Waals surface area contributed by atoms with Gasteiger partial charge < -0.3 is 9.88 Å². The second kappa shape index (κ2) is 9.05. The number of hydrogen-bond donors (Lipinski definition) is 1. The highest BCUT2D eigenvalue weighted by atomic mass is 19.1. The smallest absolute Gasteiger partial charge is 0.220 e. The van der Waals surface area contributed by atoms with Gasteiger partial charge in [-0.25, -0.2) is 4.39 Å². The Kier molecular flexibility index (Phi) is 6.50. The summed E-state index contributed by atoms with van der Waals surface area (Å²) in [4.78, 5) is 12.7. The zero-order valence-corrected chi connectivity index (χ0v) is 16.9. The van der Waals surface area contributed by atoms with Crippen LogP contribution < -0.4 is 5.32 Å². The van der Waals surface area contributed by atoms with Crippen molar-refractivity contribution >= 4 is 16.8 Å². The molecule has 0 spiro atoms. The van der Waals surface area contributed by atoms with E-state index in [1.54, 1.807) is 12.1 Å². The summed E-state index contributed by atoms with van der Waals surface area (Å²) in [7, 11) is 0. The minimum absolute atomic E-state index is 0.00300. The number of aromatic nitrogens is 1. The summed E-state index contributed by atoms with van der Waals surface area (Å²) in [5, 5.41) is 4.15. The van der Waals surface area contributed by atoms with E-state index in [9.17, 15) is 9.18 Å². The zero-order valence-electron chi connectivity index (χ0n) is 16.9. The molecule has 0 aliphatic rings. The monoisotopic (exact) mass is 380 g/mol. The lowest BCUT2D eigenvalue weighted by atomic mass is 9.88. The molecule has 0 saturated heterocycles. The molecule has 0 aliphatic carbocycles. The van der Waals surface area contributed by atoms with Crippen molar-refractivity contribution in [1.29, 1.82) is 0 Å². The lowest BCUT2D eigenvalue weighted by Gasteiger charge is -2.18. The number of carbonyl (C=O) groups is 1. The van der Waals surface area contributed by atoms with Crippen LogP contribution in [0, 0.1) is 11.7 Å². The first-order valence-corrected chi connectivity index (χ1v) is 10.1. The predicted octanol–water partition coefficient (Wildman–Crippen LogP) is 5.48. The van der Waals surface area contributed by atoms with E-state index in [1.165, 1.54) is 6.07 Å². The van der Waals surface area contributed by atoms with Gasteiger partial charge in [0, 0.05) is 42.5 Å². The quantitative estimate of drug-likeness (QED) is 0.551. The first-order valence-electron chi connectivity index (χ1n) is 10.1. The molecular weight excluding hydrogens is 351 g/mol. The highest BCUT2D eigenvalue weighted by Gasteiger charge is 2.23. The third-order valence-corrected chi connectivity index (χ3v) is 5.22. The Balaban J connectivity index is 1.97. The number of nitrogens with one attached hydrogen (secondary N) is 1. The number of aryl methyl sites for hydroxylation is 1. The maximum absolute atomic E-state index is 14.0. The van der Waals surface area contributed by atoms with Crippen LogP contribution >= 0.6 is 0 Å². The van der Waals surface area contributed by atoms with E-state index in [4.69, 9.17) is 0 Å². The average molecular weight is 381 g/mol. The standard InChI is InChI=1S/C24H29FN2O/c1-4-27-16-22(20-10-5-6-11-23(20)27)21(18-8-7-9-19(25)14-18)15-24(28)26-13-12-17(2)3/h5-11,14,16-17,21H,4,12-13,15H2,1-3H3,(H,26,28)/t21-/m0/s1. The second-order valence-corrected chi connectivity index (χ2v) is 7.73. The predicted molar refractivity (Wildman–Crippen MR) is 113 cm³/mol. The van der Waals surface area contributed by atoms with Crippen molar-refractivity contribution in [1.82, 2.24) is 9.88 Å². The van der Waals surface area contributed by atoms with E-state index >= 15 is 0 Å². The molecule has 3 nitrogen and oxygen atoms in total. The first-order chi connectivity index (χ1) is 13.5. The molecule has 1 heterocycles. The molecule has 3 rings (SSSR count). The summed E-state index contributed by atoms with van der Waals surface area (Å²) in [6, 6.07) is 14.8. The largest absolute Gasteiger partial charge is 0.356 e. The van der Waals surface area contributed by atoms with Crippen LogP contribution in [0.4, 0.5) is 4.39 Å². The fourth-order valence-corrected chi connectivity index (χ4v) is 3.70. The molecular formula is C24H29FN2O. The van der Waals surface area contributed by atoms with Gasteiger partial charge >= 0.3 is 0 Å². The van der Waals surface area contributed by atoms with Crippen molar-refractivity contribution in [3.05, 3.63) is 71.7 Å². The van der Waals surface area contributed by atoms with Crippen LogP contribution in [0.25, 0.3) is 10.9 Å². The zero-order chi connectivity index (χ0) is 20.1. The summed E-state index contributed by atoms with van der Waals surface area (Å²) in [5.41, 5.74) is 3.04. The fourth-order valence-electron chi connectivity index (χ4n) is 3.70. The maximum Gasteiger partial charge on any atom is 0.220 e. The number of halogens is 1. The Labute approximate surface area is 166 Å². The van der Waals surface area contributed by atoms with Gasteiger partial charge in [-0.05, 0) is 48.6 Å². The van der Waals surface area contributed by atoms with Crippen LogP contribution in [0.3, 0.4) is 0 Å². The van der Waals surface area contributed by atoms with Crippen molar-refractivity contribution in [2.24, 2.45) is 5.92 Å². The molecule has 0 radical (unpaired) electrons. The molecule has 1 atom stereocenters. The topological polar surface area (TPSA) is 34.0 Å². The molecule has 148 valence electrons. The molecule has 3 aromatic rings. The summed E-state index contributed by atoms with van der Waals surface area (Å²) >= 11 is 0. The van der Waals surface area contributed by atoms with Crippen molar-refractivity contribution in [3.8, 4) is 0 Å².